The molecule has 4 aromatic rings. The second-order valence-electron chi connectivity index (χ2n) is 6.95. The minimum absolute atomic E-state index is 0.128. The minimum Gasteiger partial charge on any atom is -0.334 e. The summed E-state index contributed by atoms with van der Waals surface area (Å²) >= 11 is 5.96. The van der Waals surface area contributed by atoms with Crippen molar-refractivity contribution < 1.29 is 13.2 Å². The van der Waals surface area contributed by atoms with Gasteiger partial charge in [-0.1, -0.05) is 41.9 Å². The number of hydrogen-bond acceptors (Lipinski definition) is 4. The first-order valence-electron chi connectivity index (χ1n) is 9.66. The summed E-state index contributed by atoms with van der Waals surface area (Å²) < 4.78 is 26.7. The third-order valence-electron chi connectivity index (χ3n) is 4.76. The Bertz CT molecular complexity index is 1320. The van der Waals surface area contributed by atoms with Crippen LogP contribution in [0.5, 0.6) is 0 Å². The molecular formula is C23H19ClN4O3S. The summed E-state index contributed by atoms with van der Waals surface area (Å²) in [4.78, 5) is 12.4. The molecule has 0 fully saturated rings. The van der Waals surface area contributed by atoms with E-state index >= 15 is 0 Å². The van der Waals surface area contributed by atoms with Crippen LogP contribution in [-0.4, -0.2) is 24.6 Å². The number of carbonyl (C=O) groups is 1. The monoisotopic (exact) mass is 466 g/mol. The van der Waals surface area contributed by atoms with Gasteiger partial charge < -0.3 is 10.6 Å². The molecule has 0 aliphatic heterocycles. The number of nitrogens with one attached hydrogen (secondary N) is 3. The number of rotatable bonds is 6. The average Bonchev–Trinajstić information content (AvgIpc) is 3.32. The Labute approximate surface area is 190 Å². The normalized spacial score (nSPS) is 11.2. The fourth-order valence-electron chi connectivity index (χ4n) is 3.15. The van der Waals surface area contributed by atoms with Gasteiger partial charge in [-0.3, -0.25) is 5.10 Å². The third kappa shape index (κ3) is 4.82. The summed E-state index contributed by atoms with van der Waals surface area (Å²) in [6.07, 6.45) is 3.30. The first-order valence-corrected chi connectivity index (χ1v) is 11.5. The average molecular weight is 467 g/mol. The second kappa shape index (κ2) is 9.25. The highest BCUT2D eigenvalue weighted by Gasteiger charge is 2.21. The van der Waals surface area contributed by atoms with E-state index in [1.165, 1.54) is 12.1 Å². The standard InChI is InChI=1S/C23H19ClN4O3S/c24-18-7-5-17(6-8-18)21-3-1-2-4-22(21)32(30,31)20-11-9-19(10-12-20)28-23(29)25-13-16-14-26-27-15-16/h1-12,14-15H,13H2,(H,26,27)(H2,25,28,29). The highest BCUT2D eigenvalue weighted by molar-refractivity contribution is 7.91. The molecule has 4 rings (SSSR count). The molecule has 0 saturated carbocycles. The molecule has 0 saturated heterocycles. The Balaban J connectivity index is 1.53. The molecule has 2 amide bonds. The Morgan fingerprint density at radius 3 is 2.38 bits per heavy atom. The van der Waals surface area contributed by atoms with Gasteiger partial charge in [-0.05, 0) is 48.0 Å². The molecule has 1 heterocycles. The Kier molecular flexibility index (Phi) is 6.25. The summed E-state index contributed by atoms with van der Waals surface area (Å²) in [7, 11) is -3.78. The van der Waals surface area contributed by atoms with Crippen molar-refractivity contribution in [2.45, 2.75) is 16.3 Å². The lowest BCUT2D eigenvalue weighted by molar-refractivity contribution is 0.251. The summed E-state index contributed by atoms with van der Waals surface area (Å²) in [5.74, 6) is 0. The van der Waals surface area contributed by atoms with Crippen molar-refractivity contribution in [3.63, 3.8) is 0 Å². The molecule has 0 bridgehead atoms. The van der Waals surface area contributed by atoms with E-state index in [9.17, 15) is 13.2 Å². The number of benzene rings is 3. The van der Waals surface area contributed by atoms with Crippen LogP contribution in [-0.2, 0) is 16.4 Å². The fraction of sp³-hybridized carbons (Fsp3) is 0.0435. The van der Waals surface area contributed by atoms with Crippen molar-refractivity contribution in [3.05, 3.63) is 95.8 Å². The van der Waals surface area contributed by atoms with Gasteiger partial charge in [0.25, 0.3) is 0 Å². The lowest BCUT2D eigenvalue weighted by Gasteiger charge is -2.12. The lowest BCUT2D eigenvalue weighted by atomic mass is 10.1. The summed E-state index contributed by atoms with van der Waals surface area (Å²) in [6.45, 7) is 0.316. The number of amides is 2. The first-order chi connectivity index (χ1) is 15.4. The summed E-state index contributed by atoms with van der Waals surface area (Å²) in [5.41, 5.74) is 2.65. The largest absolute Gasteiger partial charge is 0.334 e. The molecular weight excluding hydrogens is 448 g/mol. The first kappa shape index (κ1) is 21.6. The van der Waals surface area contributed by atoms with E-state index in [4.69, 9.17) is 11.6 Å². The van der Waals surface area contributed by atoms with Crippen molar-refractivity contribution in [2.75, 3.05) is 5.32 Å². The zero-order chi connectivity index (χ0) is 22.6. The quantitative estimate of drug-likeness (QED) is 0.376. The number of sulfone groups is 1. The Morgan fingerprint density at radius 2 is 1.69 bits per heavy atom. The number of hydrogen-bond donors (Lipinski definition) is 3. The van der Waals surface area contributed by atoms with Crippen LogP contribution in [0.2, 0.25) is 5.02 Å². The molecule has 1 aromatic heterocycles. The maximum atomic E-state index is 13.3. The predicted octanol–water partition coefficient (Wildman–Crippen LogP) is 4.88. The van der Waals surface area contributed by atoms with Crippen molar-refractivity contribution in [2.24, 2.45) is 0 Å². The molecule has 0 radical (unpaired) electrons. The molecule has 0 aliphatic carbocycles. The van der Waals surface area contributed by atoms with Gasteiger partial charge in [0.15, 0.2) is 0 Å². The van der Waals surface area contributed by atoms with E-state index < -0.39 is 15.9 Å². The van der Waals surface area contributed by atoms with Crippen LogP contribution in [0.4, 0.5) is 10.5 Å². The number of aromatic amines is 1. The van der Waals surface area contributed by atoms with Crippen LogP contribution in [0, 0.1) is 0 Å². The molecule has 3 aromatic carbocycles. The maximum Gasteiger partial charge on any atom is 0.319 e. The van der Waals surface area contributed by atoms with Gasteiger partial charge in [0.1, 0.15) is 0 Å². The number of H-pyrrole nitrogens is 1. The highest BCUT2D eigenvalue weighted by atomic mass is 35.5. The molecule has 0 spiro atoms. The van der Waals surface area contributed by atoms with Crippen LogP contribution in [0.1, 0.15) is 5.56 Å². The van der Waals surface area contributed by atoms with Crippen LogP contribution in [0.25, 0.3) is 11.1 Å². The molecule has 9 heteroatoms. The number of anilines is 1. The van der Waals surface area contributed by atoms with Gasteiger partial charge in [0.05, 0.1) is 16.0 Å². The predicted molar refractivity (Wildman–Crippen MR) is 123 cm³/mol. The topological polar surface area (TPSA) is 104 Å². The van der Waals surface area contributed by atoms with Crippen molar-refractivity contribution >= 4 is 33.2 Å². The number of urea groups is 1. The number of nitrogens with zero attached hydrogens (tertiary/aromatic N) is 1. The van der Waals surface area contributed by atoms with Crippen LogP contribution in [0.15, 0.2) is 95.0 Å². The zero-order valence-corrected chi connectivity index (χ0v) is 18.3. The van der Waals surface area contributed by atoms with Gasteiger partial charge in [-0.15, -0.1) is 0 Å². The zero-order valence-electron chi connectivity index (χ0n) is 16.7. The molecule has 0 unspecified atom stereocenters. The number of halogens is 1. The van der Waals surface area contributed by atoms with Gasteiger partial charge in [0, 0.05) is 34.6 Å². The third-order valence-corrected chi connectivity index (χ3v) is 6.84. The van der Waals surface area contributed by atoms with Gasteiger partial charge in [-0.2, -0.15) is 5.10 Å². The van der Waals surface area contributed by atoms with Crippen LogP contribution >= 0.6 is 11.6 Å². The highest BCUT2D eigenvalue weighted by Crippen LogP contribution is 2.32. The van der Waals surface area contributed by atoms with E-state index in [0.29, 0.717) is 22.8 Å². The van der Waals surface area contributed by atoms with Gasteiger partial charge in [0.2, 0.25) is 9.84 Å². The molecule has 0 atom stereocenters. The molecule has 0 aliphatic rings. The lowest BCUT2D eigenvalue weighted by Crippen LogP contribution is -2.28. The molecule has 7 nitrogen and oxygen atoms in total. The van der Waals surface area contributed by atoms with E-state index in [-0.39, 0.29) is 9.79 Å². The summed E-state index contributed by atoms with van der Waals surface area (Å²) in [6, 6.07) is 19.5. The molecule has 32 heavy (non-hydrogen) atoms. The number of aromatic nitrogens is 2. The van der Waals surface area contributed by atoms with Gasteiger partial charge >= 0.3 is 6.03 Å². The summed E-state index contributed by atoms with van der Waals surface area (Å²) in [5, 5.41) is 12.4. The van der Waals surface area contributed by atoms with E-state index in [0.717, 1.165) is 11.1 Å². The second-order valence-corrected chi connectivity index (χ2v) is 9.30. The molecule has 3 N–H and O–H groups in total. The Morgan fingerprint density at radius 1 is 0.969 bits per heavy atom. The van der Waals surface area contributed by atoms with E-state index in [2.05, 4.69) is 20.8 Å². The maximum absolute atomic E-state index is 13.3. The van der Waals surface area contributed by atoms with Crippen molar-refractivity contribution in [3.8, 4) is 11.1 Å². The van der Waals surface area contributed by atoms with E-state index in [1.54, 1.807) is 73.1 Å². The van der Waals surface area contributed by atoms with Gasteiger partial charge in [-0.25, -0.2) is 13.2 Å². The smallest absolute Gasteiger partial charge is 0.319 e. The minimum atomic E-state index is -3.78. The van der Waals surface area contributed by atoms with Crippen LogP contribution in [0.3, 0.4) is 0 Å². The Hall–Kier alpha value is -3.62. The SMILES string of the molecule is O=C(NCc1cn[nH]c1)Nc1ccc(S(=O)(=O)c2ccccc2-c2ccc(Cl)cc2)cc1. The van der Waals surface area contributed by atoms with Crippen molar-refractivity contribution in [1.29, 1.82) is 0 Å². The fourth-order valence-corrected chi connectivity index (χ4v) is 4.75. The van der Waals surface area contributed by atoms with Crippen LogP contribution < -0.4 is 10.6 Å². The number of carbonyl (C=O) groups excluding carboxylic acids is 1. The van der Waals surface area contributed by atoms with Crippen molar-refractivity contribution in [1.82, 2.24) is 15.5 Å². The van der Waals surface area contributed by atoms with E-state index in [1.807, 2.05) is 0 Å². The molecule has 162 valence electrons.